The van der Waals surface area contributed by atoms with Gasteiger partial charge in [-0.3, -0.25) is 0 Å². The highest BCUT2D eigenvalue weighted by Gasteiger charge is 2.06. The van der Waals surface area contributed by atoms with Crippen molar-refractivity contribution < 1.29 is 0 Å². The molecule has 0 unspecified atom stereocenters. The molecule has 5 heteroatoms. The van der Waals surface area contributed by atoms with Gasteiger partial charge in [0.05, 0.1) is 6.20 Å². The number of anilines is 1. The summed E-state index contributed by atoms with van der Waals surface area (Å²) in [7, 11) is 0. The standard InChI is InChI=1S/C12H15Cl2N3/c13-10-8-16-12(14)17-11(10)15-7-6-9-4-2-1-3-5-9/h4,8H,1-3,5-7H2,(H,15,16,17). The van der Waals surface area contributed by atoms with Gasteiger partial charge in [-0.05, 0) is 43.7 Å². The minimum Gasteiger partial charge on any atom is -0.368 e. The highest BCUT2D eigenvalue weighted by molar-refractivity contribution is 6.33. The van der Waals surface area contributed by atoms with Crippen molar-refractivity contribution >= 4 is 29.0 Å². The number of nitrogens with zero attached hydrogens (tertiary/aromatic N) is 2. The Morgan fingerprint density at radius 2 is 2.18 bits per heavy atom. The van der Waals surface area contributed by atoms with E-state index in [1.807, 2.05) is 0 Å². The van der Waals surface area contributed by atoms with Gasteiger partial charge in [-0.1, -0.05) is 23.3 Å². The molecule has 0 radical (unpaired) electrons. The van der Waals surface area contributed by atoms with E-state index in [0.717, 1.165) is 13.0 Å². The molecule has 1 aliphatic rings. The van der Waals surface area contributed by atoms with Crippen LogP contribution in [0.5, 0.6) is 0 Å². The zero-order valence-electron chi connectivity index (χ0n) is 9.55. The summed E-state index contributed by atoms with van der Waals surface area (Å²) in [4.78, 5) is 7.86. The van der Waals surface area contributed by atoms with Crippen LogP contribution in [0.25, 0.3) is 0 Å². The molecule has 1 heterocycles. The van der Waals surface area contributed by atoms with E-state index in [4.69, 9.17) is 23.2 Å². The van der Waals surface area contributed by atoms with Crippen LogP contribution in [0.2, 0.25) is 10.3 Å². The first-order valence-corrected chi connectivity index (χ1v) is 6.61. The molecular weight excluding hydrogens is 257 g/mol. The number of aromatic nitrogens is 2. The van der Waals surface area contributed by atoms with E-state index in [1.54, 1.807) is 0 Å². The molecule has 3 nitrogen and oxygen atoms in total. The molecule has 0 atom stereocenters. The molecule has 1 aromatic rings. The summed E-state index contributed by atoms with van der Waals surface area (Å²) in [5.41, 5.74) is 1.53. The zero-order valence-corrected chi connectivity index (χ0v) is 11.1. The first-order valence-electron chi connectivity index (χ1n) is 5.85. The summed E-state index contributed by atoms with van der Waals surface area (Å²) >= 11 is 11.7. The molecule has 0 saturated carbocycles. The van der Waals surface area contributed by atoms with Crippen LogP contribution in [-0.4, -0.2) is 16.5 Å². The van der Waals surface area contributed by atoms with E-state index in [2.05, 4.69) is 21.4 Å². The van der Waals surface area contributed by atoms with Crippen LogP contribution in [0.15, 0.2) is 17.8 Å². The van der Waals surface area contributed by atoms with Gasteiger partial charge in [-0.2, -0.15) is 4.98 Å². The van der Waals surface area contributed by atoms with E-state index in [1.165, 1.54) is 37.5 Å². The molecule has 2 rings (SSSR count). The Kier molecular flexibility index (Phi) is 4.63. The summed E-state index contributed by atoms with van der Waals surface area (Å²) in [6.45, 7) is 0.832. The Morgan fingerprint density at radius 3 is 2.94 bits per heavy atom. The number of hydrogen-bond acceptors (Lipinski definition) is 3. The average Bonchev–Trinajstić information content (AvgIpc) is 2.35. The molecule has 1 N–H and O–H groups in total. The Morgan fingerprint density at radius 1 is 1.29 bits per heavy atom. The molecule has 0 aliphatic heterocycles. The van der Waals surface area contributed by atoms with Crippen molar-refractivity contribution in [3.05, 3.63) is 28.2 Å². The molecule has 1 aliphatic carbocycles. The lowest BCUT2D eigenvalue weighted by Gasteiger charge is -2.13. The summed E-state index contributed by atoms with van der Waals surface area (Å²) in [5.74, 6) is 0.614. The highest BCUT2D eigenvalue weighted by atomic mass is 35.5. The first-order chi connectivity index (χ1) is 8.25. The summed E-state index contributed by atoms with van der Waals surface area (Å²) in [6.07, 6.45) is 9.97. The summed E-state index contributed by atoms with van der Waals surface area (Å²) in [5, 5.41) is 3.92. The normalized spacial score (nSPS) is 15.5. The monoisotopic (exact) mass is 271 g/mol. The van der Waals surface area contributed by atoms with E-state index in [0.29, 0.717) is 10.8 Å². The first kappa shape index (κ1) is 12.7. The smallest absolute Gasteiger partial charge is 0.224 e. The molecule has 0 saturated heterocycles. The van der Waals surface area contributed by atoms with Crippen LogP contribution in [-0.2, 0) is 0 Å². The van der Waals surface area contributed by atoms with Gasteiger partial charge in [-0.25, -0.2) is 4.98 Å². The van der Waals surface area contributed by atoms with E-state index < -0.39 is 0 Å². The Labute approximate surface area is 111 Å². The minimum atomic E-state index is 0.216. The Hall–Kier alpha value is -0.800. The van der Waals surface area contributed by atoms with Gasteiger partial charge >= 0.3 is 0 Å². The van der Waals surface area contributed by atoms with Crippen LogP contribution in [0, 0.1) is 0 Å². The molecule has 1 aromatic heterocycles. The van der Waals surface area contributed by atoms with Gasteiger partial charge < -0.3 is 5.32 Å². The Balaban J connectivity index is 1.85. The van der Waals surface area contributed by atoms with Crippen LogP contribution >= 0.6 is 23.2 Å². The molecule has 0 fully saturated rings. The quantitative estimate of drug-likeness (QED) is 0.662. The van der Waals surface area contributed by atoms with Gasteiger partial charge in [0.1, 0.15) is 10.8 Å². The third kappa shape index (κ3) is 3.86. The molecule has 0 amide bonds. The lowest BCUT2D eigenvalue weighted by molar-refractivity contribution is 0.679. The number of nitrogens with one attached hydrogen (secondary N) is 1. The van der Waals surface area contributed by atoms with E-state index >= 15 is 0 Å². The van der Waals surface area contributed by atoms with Crippen molar-refractivity contribution in [1.29, 1.82) is 0 Å². The maximum atomic E-state index is 5.96. The predicted molar refractivity (Wildman–Crippen MR) is 71.7 cm³/mol. The predicted octanol–water partition coefficient (Wildman–Crippen LogP) is 4.09. The van der Waals surface area contributed by atoms with Crippen molar-refractivity contribution in [2.45, 2.75) is 32.1 Å². The second kappa shape index (κ2) is 6.22. The second-order valence-corrected chi connectivity index (χ2v) is 4.87. The van der Waals surface area contributed by atoms with Gasteiger partial charge in [0.15, 0.2) is 0 Å². The SMILES string of the molecule is Clc1ncc(Cl)c(NCCC2=CCCCC2)n1. The van der Waals surface area contributed by atoms with Gasteiger partial charge in [0, 0.05) is 6.54 Å². The summed E-state index contributed by atoms with van der Waals surface area (Å²) < 4.78 is 0. The fraction of sp³-hybridized carbons (Fsp3) is 0.500. The van der Waals surface area contributed by atoms with Gasteiger partial charge in [0.25, 0.3) is 0 Å². The maximum absolute atomic E-state index is 5.96. The van der Waals surface area contributed by atoms with Crippen molar-refractivity contribution in [2.24, 2.45) is 0 Å². The number of halogens is 2. The fourth-order valence-electron chi connectivity index (χ4n) is 1.94. The number of allylic oxidation sites excluding steroid dienone is 1. The van der Waals surface area contributed by atoms with Crippen molar-refractivity contribution in [3.8, 4) is 0 Å². The molecule has 0 bridgehead atoms. The van der Waals surface area contributed by atoms with Crippen molar-refractivity contribution in [2.75, 3.05) is 11.9 Å². The third-order valence-electron chi connectivity index (χ3n) is 2.84. The van der Waals surface area contributed by atoms with Crippen molar-refractivity contribution in [1.82, 2.24) is 9.97 Å². The van der Waals surface area contributed by atoms with Crippen LogP contribution < -0.4 is 5.32 Å². The van der Waals surface area contributed by atoms with Gasteiger partial charge in [0.2, 0.25) is 5.28 Å². The van der Waals surface area contributed by atoms with E-state index in [9.17, 15) is 0 Å². The lowest BCUT2D eigenvalue weighted by Crippen LogP contribution is -2.06. The molecule has 17 heavy (non-hydrogen) atoms. The Bertz CT molecular complexity index is 418. The van der Waals surface area contributed by atoms with Crippen molar-refractivity contribution in [3.63, 3.8) is 0 Å². The highest BCUT2D eigenvalue weighted by Crippen LogP contribution is 2.22. The fourth-order valence-corrected chi connectivity index (χ4v) is 2.23. The minimum absolute atomic E-state index is 0.216. The van der Waals surface area contributed by atoms with Crippen LogP contribution in [0.1, 0.15) is 32.1 Å². The molecule has 92 valence electrons. The maximum Gasteiger partial charge on any atom is 0.224 e. The number of hydrogen-bond donors (Lipinski definition) is 1. The molecule has 0 aromatic carbocycles. The number of rotatable bonds is 4. The second-order valence-electron chi connectivity index (χ2n) is 4.12. The lowest BCUT2D eigenvalue weighted by atomic mass is 9.97. The molecule has 0 spiro atoms. The van der Waals surface area contributed by atoms with E-state index in [-0.39, 0.29) is 5.28 Å². The topological polar surface area (TPSA) is 37.8 Å². The average molecular weight is 272 g/mol. The zero-order chi connectivity index (χ0) is 12.1. The molecular formula is C12H15Cl2N3. The van der Waals surface area contributed by atoms with Crippen LogP contribution in [0.3, 0.4) is 0 Å². The largest absolute Gasteiger partial charge is 0.368 e. The van der Waals surface area contributed by atoms with Crippen LogP contribution in [0.4, 0.5) is 5.82 Å². The summed E-state index contributed by atoms with van der Waals surface area (Å²) in [6, 6.07) is 0. The van der Waals surface area contributed by atoms with Gasteiger partial charge in [-0.15, -0.1) is 0 Å². The third-order valence-corrected chi connectivity index (χ3v) is 3.30.